The Kier molecular flexibility index (Phi) is 9.27. The first-order valence-electron chi connectivity index (χ1n) is 7.01. The molecule has 0 aliphatic heterocycles. The van der Waals surface area contributed by atoms with Crippen molar-refractivity contribution < 1.29 is 19.1 Å². The molecule has 0 aliphatic rings. The summed E-state index contributed by atoms with van der Waals surface area (Å²) >= 11 is 0. The second-order valence-corrected chi connectivity index (χ2v) is 4.78. The summed E-state index contributed by atoms with van der Waals surface area (Å²) in [6.45, 7) is 10.9. The molecule has 22 heavy (non-hydrogen) atoms. The molecule has 0 radical (unpaired) electrons. The third-order valence-corrected chi connectivity index (χ3v) is 2.56. The van der Waals surface area contributed by atoms with E-state index in [4.69, 9.17) is 4.74 Å². The summed E-state index contributed by atoms with van der Waals surface area (Å²) in [6, 6.07) is 0. The normalized spacial score (nSPS) is 13.5. The first kappa shape index (κ1) is 19.6. The van der Waals surface area contributed by atoms with Crippen LogP contribution in [0.1, 0.15) is 27.7 Å². The molecule has 0 unspecified atom stereocenters. The topological polar surface area (TPSA) is 52.6 Å². The summed E-state index contributed by atoms with van der Waals surface area (Å²) in [6.07, 6.45) is 9.97. The molecule has 0 rings (SSSR count). The molecule has 0 fully saturated rings. The molecule has 0 aliphatic carbocycles. The lowest BCUT2D eigenvalue weighted by atomic mass is 10.0. The van der Waals surface area contributed by atoms with E-state index in [1.54, 1.807) is 25.2 Å². The van der Waals surface area contributed by atoms with Gasteiger partial charge >= 0.3 is 11.9 Å². The Morgan fingerprint density at radius 3 is 2.18 bits per heavy atom. The quantitative estimate of drug-likeness (QED) is 0.310. The minimum absolute atomic E-state index is 0.320. The van der Waals surface area contributed by atoms with Crippen LogP contribution in [-0.4, -0.2) is 19.0 Å². The molecule has 0 N–H and O–H groups in total. The van der Waals surface area contributed by atoms with E-state index in [1.807, 2.05) is 26.0 Å². The van der Waals surface area contributed by atoms with Gasteiger partial charge in [0.1, 0.15) is 5.76 Å². The van der Waals surface area contributed by atoms with Crippen LogP contribution in [0.5, 0.6) is 0 Å². The molecule has 0 amide bonds. The van der Waals surface area contributed by atoms with Gasteiger partial charge in [0.25, 0.3) is 0 Å². The lowest BCUT2D eigenvalue weighted by Crippen LogP contribution is -2.03. The molecule has 0 saturated heterocycles. The van der Waals surface area contributed by atoms with E-state index in [-0.39, 0.29) is 0 Å². The maximum absolute atomic E-state index is 11.3. The molecule has 0 bridgehead atoms. The number of carbonyl (C=O) groups is 2. The third-order valence-electron chi connectivity index (χ3n) is 2.56. The SMILES string of the molecule is C=CC(/C=C/C(=O)OC)=C(\C=C/C(C)C)C(=C\C)/OC(C)=O. The Hall–Kier alpha value is -2.36. The summed E-state index contributed by atoms with van der Waals surface area (Å²) < 4.78 is 9.80. The number of rotatable bonds is 7. The highest BCUT2D eigenvalue weighted by atomic mass is 16.5. The second kappa shape index (κ2) is 10.4. The van der Waals surface area contributed by atoms with E-state index >= 15 is 0 Å². The van der Waals surface area contributed by atoms with Crippen molar-refractivity contribution in [1.82, 2.24) is 0 Å². The summed E-state index contributed by atoms with van der Waals surface area (Å²) in [4.78, 5) is 22.5. The van der Waals surface area contributed by atoms with E-state index in [0.29, 0.717) is 22.8 Å². The number of allylic oxidation sites excluding steroid dienone is 6. The molecular formula is C18H24O4. The van der Waals surface area contributed by atoms with Crippen molar-refractivity contribution in [3.63, 3.8) is 0 Å². The Bertz CT molecular complexity index is 531. The molecule has 4 nitrogen and oxygen atoms in total. The Balaban J connectivity index is 5.91. The van der Waals surface area contributed by atoms with Gasteiger partial charge in [-0.15, -0.1) is 0 Å². The van der Waals surface area contributed by atoms with Crippen LogP contribution >= 0.6 is 0 Å². The maximum Gasteiger partial charge on any atom is 0.330 e. The zero-order valence-electron chi connectivity index (χ0n) is 13.9. The summed E-state index contributed by atoms with van der Waals surface area (Å²) in [5.74, 6) is -0.153. The van der Waals surface area contributed by atoms with Crippen LogP contribution in [0.25, 0.3) is 0 Å². The zero-order chi connectivity index (χ0) is 17.1. The number of methoxy groups -OCH3 is 1. The maximum atomic E-state index is 11.3. The van der Waals surface area contributed by atoms with Crippen molar-refractivity contribution in [3.05, 3.63) is 59.9 Å². The second-order valence-electron chi connectivity index (χ2n) is 4.78. The van der Waals surface area contributed by atoms with Gasteiger partial charge in [0.15, 0.2) is 0 Å². The summed E-state index contributed by atoms with van der Waals surface area (Å²) in [5.41, 5.74) is 1.32. The van der Waals surface area contributed by atoms with Crippen LogP contribution in [0, 0.1) is 5.92 Å². The van der Waals surface area contributed by atoms with Crippen LogP contribution in [-0.2, 0) is 19.1 Å². The van der Waals surface area contributed by atoms with Gasteiger partial charge in [-0.1, -0.05) is 38.7 Å². The predicted molar refractivity (Wildman–Crippen MR) is 87.9 cm³/mol. The van der Waals surface area contributed by atoms with Gasteiger partial charge in [-0.25, -0.2) is 4.79 Å². The van der Waals surface area contributed by atoms with Crippen molar-refractivity contribution in [2.45, 2.75) is 27.7 Å². The van der Waals surface area contributed by atoms with E-state index in [1.165, 1.54) is 20.1 Å². The van der Waals surface area contributed by atoms with E-state index in [0.717, 1.165) is 0 Å². The number of hydrogen-bond donors (Lipinski definition) is 0. The molecule has 120 valence electrons. The summed E-state index contributed by atoms with van der Waals surface area (Å²) in [7, 11) is 1.31. The first-order valence-corrected chi connectivity index (χ1v) is 7.01. The van der Waals surface area contributed by atoms with E-state index in [9.17, 15) is 9.59 Å². The Labute approximate surface area is 132 Å². The van der Waals surface area contributed by atoms with Crippen LogP contribution in [0.4, 0.5) is 0 Å². The molecule has 0 heterocycles. The molecule has 4 heteroatoms. The molecule has 0 saturated carbocycles. The van der Waals surface area contributed by atoms with Gasteiger partial charge in [0.05, 0.1) is 7.11 Å². The molecular weight excluding hydrogens is 280 g/mol. The fourth-order valence-electron chi connectivity index (χ4n) is 1.53. The van der Waals surface area contributed by atoms with Crippen LogP contribution < -0.4 is 0 Å². The smallest absolute Gasteiger partial charge is 0.330 e. The fourth-order valence-corrected chi connectivity index (χ4v) is 1.53. The third kappa shape index (κ3) is 7.43. The van der Waals surface area contributed by atoms with Gasteiger partial charge in [0.2, 0.25) is 0 Å². The van der Waals surface area contributed by atoms with Crippen LogP contribution in [0.3, 0.4) is 0 Å². The highest BCUT2D eigenvalue weighted by Gasteiger charge is 2.10. The monoisotopic (exact) mass is 304 g/mol. The van der Waals surface area contributed by atoms with Crippen molar-refractivity contribution in [1.29, 1.82) is 0 Å². The highest BCUT2D eigenvalue weighted by molar-refractivity contribution is 5.82. The van der Waals surface area contributed by atoms with Crippen LogP contribution in [0.15, 0.2) is 59.9 Å². The first-order chi connectivity index (χ1) is 10.3. The van der Waals surface area contributed by atoms with Gasteiger partial charge in [-0.3, -0.25) is 4.79 Å². The molecule has 0 aromatic heterocycles. The van der Waals surface area contributed by atoms with E-state index < -0.39 is 11.9 Å². The standard InChI is InChI=1S/C18H24O4/c1-7-15(10-12-18(20)21-6)16(11-9-13(3)4)17(8-2)22-14(5)19/h7-13H,1H2,2-6H3/b11-9-,12-10+,16-15-,17-8+. The number of esters is 2. The number of hydrogen-bond acceptors (Lipinski definition) is 4. The lowest BCUT2D eigenvalue weighted by molar-refractivity contribution is -0.136. The van der Waals surface area contributed by atoms with E-state index in [2.05, 4.69) is 11.3 Å². The molecule has 0 spiro atoms. The Morgan fingerprint density at radius 1 is 1.14 bits per heavy atom. The minimum Gasteiger partial charge on any atom is -0.466 e. The van der Waals surface area contributed by atoms with Crippen LogP contribution in [0.2, 0.25) is 0 Å². The molecule has 0 aromatic carbocycles. The highest BCUT2D eigenvalue weighted by Crippen LogP contribution is 2.21. The number of carbonyl (C=O) groups excluding carboxylic acids is 2. The molecule has 0 aromatic rings. The van der Waals surface area contributed by atoms with Gasteiger partial charge in [0, 0.05) is 18.6 Å². The van der Waals surface area contributed by atoms with Gasteiger partial charge in [-0.2, -0.15) is 0 Å². The largest absolute Gasteiger partial charge is 0.466 e. The van der Waals surface area contributed by atoms with Gasteiger partial charge < -0.3 is 9.47 Å². The summed E-state index contributed by atoms with van der Waals surface area (Å²) in [5, 5.41) is 0. The average Bonchev–Trinajstić information content (AvgIpc) is 2.47. The zero-order valence-corrected chi connectivity index (χ0v) is 13.9. The molecule has 0 atom stereocenters. The van der Waals surface area contributed by atoms with Gasteiger partial charge in [-0.05, 0) is 30.6 Å². The predicted octanol–water partition coefficient (Wildman–Crippen LogP) is 3.88. The number of ether oxygens (including phenoxy) is 2. The Morgan fingerprint density at radius 2 is 1.77 bits per heavy atom. The van der Waals surface area contributed by atoms with Crippen molar-refractivity contribution in [2.75, 3.05) is 7.11 Å². The minimum atomic E-state index is -0.471. The van der Waals surface area contributed by atoms with Crippen molar-refractivity contribution in [3.8, 4) is 0 Å². The lowest BCUT2D eigenvalue weighted by Gasteiger charge is -2.11. The van der Waals surface area contributed by atoms with Crippen molar-refractivity contribution >= 4 is 11.9 Å². The fraction of sp³-hybridized carbons (Fsp3) is 0.333. The average molecular weight is 304 g/mol. The van der Waals surface area contributed by atoms with Crippen molar-refractivity contribution in [2.24, 2.45) is 5.92 Å².